The van der Waals surface area contributed by atoms with Crippen LogP contribution in [0, 0.1) is 0 Å². The van der Waals surface area contributed by atoms with E-state index in [0.717, 1.165) is 11.5 Å². The van der Waals surface area contributed by atoms with Crippen molar-refractivity contribution in [3.63, 3.8) is 0 Å². The molecule has 94 valence electrons. The quantitative estimate of drug-likeness (QED) is 0.732. The van der Waals surface area contributed by atoms with Crippen molar-refractivity contribution >= 4 is 0 Å². The van der Waals surface area contributed by atoms with Gasteiger partial charge in [0.1, 0.15) is 11.5 Å². The van der Waals surface area contributed by atoms with Gasteiger partial charge in [-0.2, -0.15) is 5.11 Å². The third-order valence-corrected chi connectivity index (χ3v) is 1.94. The Labute approximate surface area is 103 Å². The monoisotopic (exact) mass is 236 g/mol. The molecule has 1 aromatic carbocycles. The van der Waals surface area contributed by atoms with Gasteiger partial charge in [0.05, 0.1) is 13.2 Å². The van der Waals surface area contributed by atoms with Crippen molar-refractivity contribution in [1.29, 1.82) is 0 Å². The lowest BCUT2D eigenvalue weighted by molar-refractivity contribution is 0.109. The topological polar surface area (TPSA) is 43.2 Å². The Bertz CT molecular complexity index is 387. The zero-order valence-electron chi connectivity index (χ0n) is 11.1. The molecule has 0 amide bonds. The van der Waals surface area contributed by atoms with Gasteiger partial charge in [0, 0.05) is 6.07 Å². The molecule has 0 aliphatic rings. The summed E-state index contributed by atoms with van der Waals surface area (Å²) >= 11 is 0. The van der Waals surface area contributed by atoms with Crippen LogP contribution in [-0.4, -0.2) is 18.9 Å². The number of rotatable bonds is 5. The minimum Gasteiger partial charge on any atom is -0.497 e. The van der Waals surface area contributed by atoms with E-state index >= 15 is 0 Å². The van der Waals surface area contributed by atoms with Crippen LogP contribution in [0.2, 0.25) is 0 Å². The lowest BCUT2D eigenvalue weighted by atomic mass is 10.3. The first-order valence-electron chi connectivity index (χ1n) is 5.68. The van der Waals surface area contributed by atoms with E-state index in [2.05, 4.69) is 10.2 Å². The number of benzene rings is 1. The van der Waals surface area contributed by atoms with Gasteiger partial charge in [-0.3, -0.25) is 0 Å². The van der Waals surface area contributed by atoms with E-state index < -0.39 is 5.72 Å². The smallest absolute Gasteiger partial charge is 0.213 e. The van der Waals surface area contributed by atoms with Crippen LogP contribution in [0.4, 0.5) is 0 Å². The van der Waals surface area contributed by atoms with Gasteiger partial charge in [0.15, 0.2) is 0 Å². The molecule has 0 aromatic heterocycles. The zero-order chi connectivity index (χ0) is 12.9. The molecule has 0 spiro atoms. The Morgan fingerprint density at radius 1 is 1.18 bits per heavy atom. The Balaban J connectivity index is 2.75. The van der Waals surface area contributed by atoms with E-state index in [0.29, 0.717) is 0 Å². The third kappa shape index (κ3) is 4.85. The van der Waals surface area contributed by atoms with Crippen molar-refractivity contribution in [2.75, 3.05) is 7.11 Å². The number of ether oxygens (including phenoxy) is 2. The molecule has 4 nitrogen and oxygen atoms in total. The fourth-order valence-corrected chi connectivity index (χ4v) is 1.23. The number of azo groups is 1. The largest absolute Gasteiger partial charge is 0.497 e. The maximum absolute atomic E-state index is 5.75. The van der Waals surface area contributed by atoms with Crippen molar-refractivity contribution in [3.8, 4) is 11.5 Å². The van der Waals surface area contributed by atoms with Crippen LogP contribution in [0.15, 0.2) is 34.5 Å². The standard InChI is InChI=1S/C13H20N2O2/c1-10(2)14-15-13(3,4)17-12-8-6-7-11(9-12)16-5/h6-10H,1-5H3/b15-14+. The second-order valence-corrected chi connectivity index (χ2v) is 4.54. The molecule has 0 heterocycles. The van der Waals surface area contributed by atoms with Crippen LogP contribution < -0.4 is 9.47 Å². The molecule has 1 aromatic rings. The lowest BCUT2D eigenvalue weighted by Crippen LogP contribution is -2.25. The van der Waals surface area contributed by atoms with Crippen molar-refractivity contribution in [2.24, 2.45) is 10.2 Å². The van der Waals surface area contributed by atoms with Crippen LogP contribution in [-0.2, 0) is 0 Å². The number of methoxy groups -OCH3 is 1. The molecule has 4 heteroatoms. The highest BCUT2D eigenvalue weighted by molar-refractivity contribution is 5.33. The van der Waals surface area contributed by atoms with Crippen LogP contribution in [0.25, 0.3) is 0 Å². The molecule has 0 saturated heterocycles. The second-order valence-electron chi connectivity index (χ2n) is 4.54. The van der Waals surface area contributed by atoms with Gasteiger partial charge in [0.2, 0.25) is 5.72 Å². The molecule has 0 bridgehead atoms. The van der Waals surface area contributed by atoms with Crippen LogP contribution >= 0.6 is 0 Å². The lowest BCUT2D eigenvalue weighted by Gasteiger charge is -2.21. The van der Waals surface area contributed by atoms with Gasteiger partial charge in [-0.05, 0) is 39.8 Å². The summed E-state index contributed by atoms with van der Waals surface area (Å²) in [7, 11) is 1.63. The zero-order valence-corrected chi connectivity index (χ0v) is 11.1. The number of nitrogens with zero attached hydrogens (tertiary/aromatic N) is 2. The molecule has 0 atom stereocenters. The number of hydrogen-bond donors (Lipinski definition) is 0. The van der Waals surface area contributed by atoms with Gasteiger partial charge in [0.25, 0.3) is 0 Å². The molecule has 1 rings (SSSR count). The molecule has 17 heavy (non-hydrogen) atoms. The fourth-order valence-electron chi connectivity index (χ4n) is 1.23. The van der Waals surface area contributed by atoms with Gasteiger partial charge < -0.3 is 9.47 Å². The van der Waals surface area contributed by atoms with E-state index in [1.54, 1.807) is 7.11 Å². The molecule has 0 N–H and O–H groups in total. The Morgan fingerprint density at radius 3 is 2.41 bits per heavy atom. The van der Waals surface area contributed by atoms with Crippen LogP contribution in [0.5, 0.6) is 11.5 Å². The molecule has 0 unspecified atom stereocenters. The molecular weight excluding hydrogens is 216 g/mol. The molecule has 0 aliphatic heterocycles. The maximum Gasteiger partial charge on any atom is 0.213 e. The highest BCUT2D eigenvalue weighted by Crippen LogP contribution is 2.24. The minimum atomic E-state index is -0.670. The van der Waals surface area contributed by atoms with Gasteiger partial charge >= 0.3 is 0 Å². The summed E-state index contributed by atoms with van der Waals surface area (Å²) < 4.78 is 10.9. The summed E-state index contributed by atoms with van der Waals surface area (Å²) in [4.78, 5) is 0. The Hall–Kier alpha value is -1.58. The second kappa shape index (κ2) is 5.66. The SMILES string of the molecule is COc1cccc(OC(C)(C)/N=N/C(C)C)c1. The molecule has 0 fully saturated rings. The highest BCUT2D eigenvalue weighted by Gasteiger charge is 2.18. The highest BCUT2D eigenvalue weighted by atomic mass is 16.5. The molecule has 0 saturated carbocycles. The van der Waals surface area contributed by atoms with Crippen LogP contribution in [0.1, 0.15) is 27.7 Å². The Kier molecular flexibility index (Phi) is 4.49. The first kappa shape index (κ1) is 13.5. The summed E-state index contributed by atoms with van der Waals surface area (Å²) in [6, 6.07) is 7.62. The van der Waals surface area contributed by atoms with Gasteiger partial charge in [-0.25, -0.2) is 0 Å². The van der Waals surface area contributed by atoms with Gasteiger partial charge in [-0.1, -0.05) is 6.07 Å². The fraction of sp³-hybridized carbons (Fsp3) is 0.538. The van der Waals surface area contributed by atoms with Crippen molar-refractivity contribution in [2.45, 2.75) is 39.5 Å². The minimum absolute atomic E-state index is 0.170. The summed E-state index contributed by atoms with van der Waals surface area (Å²) in [5, 5.41) is 8.27. The van der Waals surface area contributed by atoms with E-state index in [-0.39, 0.29) is 6.04 Å². The average Bonchev–Trinajstić information content (AvgIpc) is 2.26. The molecular formula is C13H20N2O2. The van der Waals surface area contributed by atoms with Crippen molar-refractivity contribution < 1.29 is 9.47 Å². The summed E-state index contributed by atoms with van der Waals surface area (Å²) in [6.07, 6.45) is 0. The summed E-state index contributed by atoms with van der Waals surface area (Å²) in [5.74, 6) is 1.48. The summed E-state index contributed by atoms with van der Waals surface area (Å²) in [6.45, 7) is 7.70. The van der Waals surface area contributed by atoms with E-state index in [1.807, 2.05) is 52.0 Å². The number of hydrogen-bond acceptors (Lipinski definition) is 4. The normalized spacial score (nSPS) is 12.1. The molecule has 0 radical (unpaired) electrons. The first-order valence-corrected chi connectivity index (χ1v) is 5.68. The predicted molar refractivity (Wildman–Crippen MR) is 67.7 cm³/mol. The third-order valence-electron chi connectivity index (χ3n) is 1.94. The van der Waals surface area contributed by atoms with Gasteiger partial charge in [-0.15, -0.1) is 5.11 Å². The first-order chi connectivity index (χ1) is 7.93. The maximum atomic E-state index is 5.75. The predicted octanol–water partition coefficient (Wildman–Crippen LogP) is 3.67. The van der Waals surface area contributed by atoms with E-state index in [4.69, 9.17) is 9.47 Å². The summed E-state index contributed by atoms with van der Waals surface area (Å²) in [5.41, 5.74) is -0.670. The Morgan fingerprint density at radius 2 is 1.82 bits per heavy atom. The van der Waals surface area contributed by atoms with E-state index in [9.17, 15) is 0 Å². The average molecular weight is 236 g/mol. The van der Waals surface area contributed by atoms with E-state index in [1.165, 1.54) is 0 Å². The van der Waals surface area contributed by atoms with Crippen molar-refractivity contribution in [3.05, 3.63) is 24.3 Å². The molecule has 0 aliphatic carbocycles. The van der Waals surface area contributed by atoms with Crippen molar-refractivity contribution in [1.82, 2.24) is 0 Å². The van der Waals surface area contributed by atoms with Crippen LogP contribution in [0.3, 0.4) is 0 Å².